The number of unbranched alkanes of at least 4 members (excludes halogenated alkanes) is 1. The molecule has 0 amide bonds. The van der Waals surface area contributed by atoms with Crippen LogP contribution in [0.15, 0.2) is 21.9 Å². The standard InChI is InChI=1S/C14H17N5O2/c1-4-5-7-19-8-6-9-10-12(16-15-11(9)19)17(2)14(21)18(3)13(10)20/h6,8H,4-5,7H2,1-3H3. The molecule has 0 aromatic carbocycles. The Balaban J connectivity index is 2.42. The summed E-state index contributed by atoms with van der Waals surface area (Å²) in [5.41, 5.74) is 0.281. The minimum absolute atomic E-state index is 0.323. The summed E-state index contributed by atoms with van der Waals surface area (Å²) in [7, 11) is 3.07. The maximum absolute atomic E-state index is 12.4. The van der Waals surface area contributed by atoms with Crippen molar-refractivity contribution in [3.8, 4) is 0 Å². The van der Waals surface area contributed by atoms with Crippen molar-refractivity contribution in [2.45, 2.75) is 26.3 Å². The highest BCUT2D eigenvalue weighted by atomic mass is 16.2. The van der Waals surface area contributed by atoms with Crippen molar-refractivity contribution in [3.63, 3.8) is 0 Å². The molecule has 0 aliphatic rings. The first-order chi connectivity index (χ1) is 10.1. The van der Waals surface area contributed by atoms with Gasteiger partial charge in [-0.2, -0.15) is 0 Å². The van der Waals surface area contributed by atoms with Crippen LogP contribution in [0.4, 0.5) is 0 Å². The lowest BCUT2D eigenvalue weighted by atomic mass is 10.2. The fourth-order valence-electron chi connectivity index (χ4n) is 2.56. The van der Waals surface area contributed by atoms with E-state index in [0.29, 0.717) is 16.7 Å². The predicted octanol–water partition coefficient (Wildman–Crippen LogP) is 0.782. The summed E-state index contributed by atoms with van der Waals surface area (Å²) in [6.45, 7) is 2.96. The SMILES string of the molecule is CCCCn1ccc2c3c(=O)n(C)c(=O)n(C)c3nnc21. The van der Waals surface area contributed by atoms with Gasteiger partial charge in [0.25, 0.3) is 5.56 Å². The van der Waals surface area contributed by atoms with Crippen LogP contribution in [0.3, 0.4) is 0 Å². The minimum atomic E-state index is -0.397. The van der Waals surface area contributed by atoms with E-state index in [1.54, 1.807) is 7.05 Å². The van der Waals surface area contributed by atoms with Gasteiger partial charge in [-0.05, 0) is 12.5 Å². The van der Waals surface area contributed by atoms with E-state index >= 15 is 0 Å². The highest BCUT2D eigenvalue weighted by Crippen LogP contribution is 2.19. The molecule has 0 saturated heterocycles. The first-order valence-corrected chi connectivity index (χ1v) is 6.97. The van der Waals surface area contributed by atoms with E-state index < -0.39 is 5.69 Å². The first kappa shape index (κ1) is 13.5. The van der Waals surface area contributed by atoms with Crippen molar-refractivity contribution in [1.82, 2.24) is 23.9 Å². The van der Waals surface area contributed by atoms with Gasteiger partial charge in [0.1, 0.15) is 0 Å². The van der Waals surface area contributed by atoms with Gasteiger partial charge >= 0.3 is 5.69 Å². The molecule has 3 aromatic rings. The van der Waals surface area contributed by atoms with E-state index in [1.165, 1.54) is 11.6 Å². The Morgan fingerprint density at radius 2 is 1.81 bits per heavy atom. The summed E-state index contributed by atoms with van der Waals surface area (Å²) >= 11 is 0. The van der Waals surface area contributed by atoms with E-state index in [1.807, 2.05) is 16.8 Å². The summed E-state index contributed by atoms with van der Waals surface area (Å²) in [5.74, 6) is 0. The molecule has 3 aromatic heterocycles. The van der Waals surface area contributed by atoms with Crippen LogP contribution < -0.4 is 11.2 Å². The van der Waals surface area contributed by atoms with Crippen molar-refractivity contribution < 1.29 is 0 Å². The van der Waals surface area contributed by atoms with Crippen molar-refractivity contribution in [1.29, 1.82) is 0 Å². The average Bonchev–Trinajstić information content (AvgIpc) is 2.91. The molecule has 0 atom stereocenters. The molecule has 0 saturated carbocycles. The van der Waals surface area contributed by atoms with Gasteiger partial charge in [-0.3, -0.25) is 13.9 Å². The first-order valence-electron chi connectivity index (χ1n) is 6.97. The summed E-state index contributed by atoms with van der Waals surface area (Å²) in [6.07, 6.45) is 4.03. The minimum Gasteiger partial charge on any atom is -0.331 e. The third-order valence-electron chi connectivity index (χ3n) is 3.83. The normalized spacial score (nSPS) is 11.6. The number of fused-ring (bicyclic) bond motifs is 3. The zero-order valence-electron chi connectivity index (χ0n) is 12.3. The Morgan fingerprint density at radius 1 is 1.10 bits per heavy atom. The lowest BCUT2D eigenvalue weighted by Gasteiger charge is -2.07. The van der Waals surface area contributed by atoms with E-state index in [2.05, 4.69) is 17.1 Å². The fourth-order valence-corrected chi connectivity index (χ4v) is 2.56. The Kier molecular flexibility index (Phi) is 3.12. The lowest BCUT2D eigenvalue weighted by molar-refractivity contribution is 0.643. The molecular formula is C14H17N5O2. The monoisotopic (exact) mass is 287 g/mol. The Labute approximate surface area is 120 Å². The third kappa shape index (κ3) is 1.88. The zero-order valence-corrected chi connectivity index (χ0v) is 12.3. The smallest absolute Gasteiger partial charge is 0.331 e. The van der Waals surface area contributed by atoms with Crippen molar-refractivity contribution in [2.24, 2.45) is 14.1 Å². The second kappa shape index (κ2) is 4.83. The Morgan fingerprint density at radius 3 is 2.52 bits per heavy atom. The Bertz CT molecular complexity index is 948. The number of hydrogen-bond donors (Lipinski definition) is 0. The van der Waals surface area contributed by atoms with E-state index in [-0.39, 0.29) is 5.56 Å². The molecule has 7 heteroatoms. The highest BCUT2D eigenvalue weighted by molar-refractivity contribution is 6.01. The van der Waals surface area contributed by atoms with Crippen molar-refractivity contribution in [2.75, 3.05) is 0 Å². The van der Waals surface area contributed by atoms with Gasteiger partial charge in [-0.25, -0.2) is 4.79 Å². The third-order valence-corrected chi connectivity index (χ3v) is 3.83. The number of hydrogen-bond acceptors (Lipinski definition) is 4. The molecule has 0 radical (unpaired) electrons. The van der Waals surface area contributed by atoms with Crippen LogP contribution in [0.2, 0.25) is 0 Å². The summed E-state index contributed by atoms with van der Waals surface area (Å²) in [5, 5.41) is 9.48. The van der Waals surface area contributed by atoms with Gasteiger partial charge in [0, 0.05) is 32.2 Å². The van der Waals surface area contributed by atoms with Gasteiger partial charge in [0.2, 0.25) is 0 Å². The molecule has 0 N–H and O–H groups in total. The molecule has 0 unspecified atom stereocenters. The summed E-state index contributed by atoms with van der Waals surface area (Å²) in [6, 6.07) is 1.87. The van der Waals surface area contributed by atoms with Crippen molar-refractivity contribution in [3.05, 3.63) is 33.1 Å². The maximum Gasteiger partial charge on any atom is 0.332 e. The van der Waals surface area contributed by atoms with Crippen LogP contribution in [0.25, 0.3) is 22.1 Å². The van der Waals surface area contributed by atoms with Crippen LogP contribution in [0.1, 0.15) is 19.8 Å². The largest absolute Gasteiger partial charge is 0.332 e. The molecule has 0 bridgehead atoms. The fraction of sp³-hybridized carbons (Fsp3) is 0.429. The second-order valence-corrected chi connectivity index (χ2v) is 5.20. The van der Waals surface area contributed by atoms with Crippen LogP contribution >= 0.6 is 0 Å². The summed E-state index contributed by atoms with van der Waals surface area (Å²) in [4.78, 5) is 24.4. The number of nitrogens with zero attached hydrogens (tertiary/aromatic N) is 5. The molecule has 0 spiro atoms. The molecule has 7 nitrogen and oxygen atoms in total. The molecule has 110 valence electrons. The Hall–Kier alpha value is -2.44. The highest BCUT2D eigenvalue weighted by Gasteiger charge is 2.15. The van der Waals surface area contributed by atoms with E-state index in [0.717, 1.165) is 29.3 Å². The molecule has 0 fully saturated rings. The summed E-state index contributed by atoms with van der Waals surface area (Å²) < 4.78 is 4.45. The van der Waals surface area contributed by atoms with Gasteiger partial charge in [0.05, 0.1) is 5.39 Å². The quantitative estimate of drug-likeness (QED) is 0.713. The van der Waals surface area contributed by atoms with Crippen molar-refractivity contribution >= 4 is 22.1 Å². The molecular weight excluding hydrogens is 270 g/mol. The lowest BCUT2D eigenvalue weighted by Crippen LogP contribution is -2.37. The molecule has 0 aliphatic carbocycles. The topological polar surface area (TPSA) is 74.7 Å². The predicted molar refractivity (Wildman–Crippen MR) is 80.4 cm³/mol. The molecule has 21 heavy (non-hydrogen) atoms. The molecule has 3 heterocycles. The maximum atomic E-state index is 12.4. The molecule has 3 rings (SSSR count). The van der Waals surface area contributed by atoms with Gasteiger partial charge in [-0.1, -0.05) is 13.3 Å². The van der Waals surface area contributed by atoms with Gasteiger partial charge < -0.3 is 4.57 Å². The van der Waals surface area contributed by atoms with Crippen LogP contribution in [-0.2, 0) is 20.6 Å². The number of aromatic nitrogens is 5. The van der Waals surface area contributed by atoms with E-state index in [9.17, 15) is 9.59 Å². The molecule has 0 aliphatic heterocycles. The average molecular weight is 287 g/mol. The van der Waals surface area contributed by atoms with E-state index in [4.69, 9.17) is 0 Å². The second-order valence-electron chi connectivity index (χ2n) is 5.20. The number of aryl methyl sites for hydroxylation is 2. The van der Waals surface area contributed by atoms with Crippen LogP contribution in [0, 0.1) is 0 Å². The zero-order chi connectivity index (χ0) is 15.1. The van der Waals surface area contributed by atoms with Gasteiger partial charge in [-0.15, -0.1) is 10.2 Å². The van der Waals surface area contributed by atoms with Crippen LogP contribution in [0.5, 0.6) is 0 Å². The van der Waals surface area contributed by atoms with Crippen LogP contribution in [-0.4, -0.2) is 23.9 Å². The number of rotatable bonds is 3. The van der Waals surface area contributed by atoms with Gasteiger partial charge in [0.15, 0.2) is 11.3 Å².